The van der Waals surface area contributed by atoms with Crippen LogP contribution in [-0.4, -0.2) is 20.3 Å². The Morgan fingerprint density at radius 2 is 1.50 bits per heavy atom. The molecule has 2 nitrogen and oxygen atoms in total. The molecular formula is C28H22O2. The Kier molecular flexibility index (Phi) is 3.84. The molecule has 0 saturated heterocycles. The van der Waals surface area contributed by atoms with Gasteiger partial charge in [-0.3, -0.25) is 0 Å². The highest BCUT2D eigenvalue weighted by Crippen LogP contribution is 2.52. The Morgan fingerprint density at radius 3 is 2.33 bits per heavy atom. The molecule has 1 unspecified atom stereocenters. The third-order valence-corrected chi connectivity index (χ3v) is 6.55. The van der Waals surface area contributed by atoms with Crippen LogP contribution in [0.5, 0.6) is 5.75 Å². The highest BCUT2D eigenvalue weighted by atomic mass is 16.5. The quantitative estimate of drug-likeness (QED) is 0.349. The molecule has 4 aromatic carbocycles. The Bertz CT molecular complexity index is 1350. The molecule has 146 valence electrons. The summed E-state index contributed by atoms with van der Waals surface area (Å²) in [6, 6.07) is 28.3. The second kappa shape index (κ2) is 6.58. The SMILES string of the molecule is COc1ccc2c(c1)/C(=C1/c3c(ccc4ccccc34)CC1OC)c1ccccc1-2. The fourth-order valence-corrected chi connectivity index (χ4v) is 5.22. The van der Waals surface area contributed by atoms with Gasteiger partial charge in [0.2, 0.25) is 0 Å². The van der Waals surface area contributed by atoms with Crippen LogP contribution < -0.4 is 4.74 Å². The van der Waals surface area contributed by atoms with E-state index < -0.39 is 0 Å². The molecule has 2 heteroatoms. The van der Waals surface area contributed by atoms with Gasteiger partial charge >= 0.3 is 0 Å². The van der Waals surface area contributed by atoms with Crippen LogP contribution in [0.3, 0.4) is 0 Å². The maximum atomic E-state index is 6.07. The number of ether oxygens (including phenoxy) is 2. The third kappa shape index (κ3) is 2.34. The summed E-state index contributed by atoms with van der Waals surface area (Å²) >= 11 is 0. The van der Waals surface area contributed by atoms with E-state index >= 15 is 0 Å². The first-order chi connectivity index (χ1) is 14.8. The van der Waals surface area contributed by atoms with Crippen molar-refractivity contribution in [2.24, 2.45) is 0 Å². The number of hydrogen-bond donors (Lipinski definition) is 0. The van der Waals surface area contributed by atoms with Crippen molar-refractivity contribution in [2.45, 2.75) is 12.5 Å². The van der Waals surface area contributed by atoms with Crippen LogP contribution in [0.2, 0.25) is 0 Å². The molecule has 0 bridgehead atoms. The minimum atomic E-state index is 0.0333. The van der Waals surface area contributed by atoms with Crippen LogP contribution in [0.1, 0.15) is 22.3 Å². The van der Waals surface area contributed by atoms with E-state index in [0.29, 0.717) is 0 Å². The van der Waals surface area contributed by atoms with Crippen LogP contribution in [0, 0.1) is 0 Å². The first-order valence-corrected chi connectivity index (χ1v) is 10.4. The van der Waals surface area contributed by atoms with Crippen LogP contribution in [-0.2, 0) is 11.2 Å². The molecule has 2 aliphatic carbocycles. The van der Waals surface area contributed by atoms with Crippen molar-refractivity contribution in [1.82, 2.24) is 0 Å². The minimum Gasteiger partial charge on any atom is -0.497 e. The zero-order valence-corrected chi connectivity index (χ0v) is 17.1. The number of rotatable bonds is 2. The van der Waals surface area contributed by atoms with Crippen molar-refractivity contribution >= 4 is 21.9 Å². The van der Waals surface area contributed by atoms with Gasteiger partial charge in [0.25, 0.3) is 0 Å². The van der Waals surface area contributed by atoms with E-state index in [2.05, 4.69) is 78.9 Å². The molecule has 0 spiro atoms. The Morgan fingerprint density at radius 1 is 0.733 bits per heavy atom. The molecular weight excluding hydrogens is 368 g/mol. The van der Waals surface area contributed by atoms with Gasteiger partial charge in [-0.25, -0.2) is 0 Å². The van der Waals surface area contributed by atoms with Crippen molar-refractivity contribution in [1.29, 1.82) is 0 Å². The van der Waals surface area contributed by atoms with E-state index in [0.717, 1.165) is 12.2 Å². The topological polar surface area (TPSA) is 18.5 Å². The fourth-order valence-electron chi connectivity index (χ4n) is 5.22. The molecule has 0 N–H and O–H groups in total. The first-order valence-electron chi connectivity index (χ1n) is 10.4. The standard InChI is InChI=1S/C28H22O2/c1-29-19-13-14-22-21-9-5-6-10-23(21)27(24(22)16-19)28-25(30-2)15-18-12-11-17-7-3-4-8-20(17)26(18)28/h3-14,16,25H,15H2,1-2H3/b28-27+. The van der Waals surface area contributed by atoms with Gasteiger partial charge in [-0.05, 0) is 67.4 Å². The zero-order chi connectivity index (χ0) is 20.2. The van der Waals surface area contributed by atoms with Gasteiger partial charge in [-0.1, -0.05) is 66.7 Å². The van der Waals surface area contributed by atoms with Crippen LogP contribution in [0.15, 0.2) is 78.9 Å². The van der Waals surface area contributed by atoms with E-state index in [9.17, 15) is 0 Å². The Labute approximate surface area is 176 Å². The summed E-state index contributed by atoms with van der Waals surface area (Å²) < 4.78 is 11.7. The normalized spacial score (nSPS) is 18.9. The lowest BCUT2D eigenvalue weighted by molar-refractivity contribution is 0.154. The number of methoxy groups -OCH3 is 2. The van der Waals surface area contributed by atoms with Gasteiger partial charge in [-0.15, -0.1) is 0 Å². The molecule has 6 rings (SSSR count). The summed E-state index contributed by atoms with van der Waals surface area (Å²) in [5.74, 6) is 0.879. The average molecular weight is 390 g/mol. The van der Waals surface area contributed by atoms with Crippen LogP contribution in [0.4, 0.5) is 0 Å². The minimum absolute atomic E-state index is 0.0333. The van der Waals surface area contributed by atoms with Gasteiger partial charge in [-0.2, -0.15) is 0 Å². The van der Waals surface area contributed by atoms with Crippen molar-refractivity contribution in [3.63, 3.8) is 0 Å². The molecule has 0 fully saturated rings. The molecule has 0 radical (unpaired) electrons. The average Bonchev–Trinajstić information content (AvgIpc) is 3.33. The molecule has 0 heterocycles. The number of fused-ring (bicyclic) bond motifs is 6. The van der Waals surface area contributed by atoms with E-state index in [1.54, 1.807) is 7.11 Å². The number of hydrogen-bond acceptors (Lipinski definition) is 2. The lowest BCUT2D eigenvalue weighted by atomic mass is 9.90. The van der Waals surface area contributed by atoms with Crippen molar-refractivity contribution in [3.8, 4) is 16.9 Å². The fraction of sp³-hybridized carbons (Fsp3) is 0.143. The van der Waals surface area contributed by atoms with Crippen molar-refractivity contribution < 1.29 is 9.47 Å². The molecule has 2 aliphatic rings. The van der Waals surface area contributed by atoms with Gasteiger partial charge in [0.05, 0.1) is 13.2 Å². The molecule has 0 saturated carbocycles. The molecule has 0 amide bonds. The maximum Gasteiger partial charge on any atom is 0.119 e. The largest absolute Gasteiger partial charge is 0.497 e. The predicted molar refractivity (Wildman–Crippen MR) is 123 cm³/mol. The van der Waals surface area contributed by atoms with Gasteiger partial charge in [0.15, 0.2) is 0 Å². The molecule has 1 atom stereocenters. The van der Waals surface area contributed by atoms with Gasteiger partial charge in [0.1, 0.15) is 5.75 Å². The van der Waals surface area contributed by atoms with E-state index in [-0.39, 0.29) is 6.10 Å². The van der Waals surface area contributed by atoms with E-state index in [1.165, 1.54) is 55.3 Å². The Balaban J connectivity index is 1.77. The van der Waals surface area contributed by atoms with Gasteiger partial charge < -0.3 is 9.47 Å². The molecule has 4 aromatic rings. The number of benzene rings is 4. The molecule has 0 aromatic heterocycles. The summed E-state index contributed by atoms with van der Waals surface area (Å²) in [6.45, 7) is 0. The second-order valence-corrected chi connectivity index (χ2v) is 8.00. The molecule has 30 heavy (non-hydrogen) atoms. The monoisotopic (exact) mass is 390 g/mol. The maximum absolute atomic E-state index is 6.07. The van der Waals surface area contributed by atoms with Crippen molar-refractivity contribution in [3.05, 3.63) is 101 Å². The zero-order valence-electron chi connectivity index (χ0n) is 17.1. The second-order valence-electron chi connectivity index (χ2n) is 8.00. The smallest absolute Gasteiger partial charge is 0.119 e. The Hall–Kier alpha value is -3.36. The third-order valence-electron chi connectivity index (χ3n) is 6.55. The summed E-state index contributed by atoms with van der Waals surface area (Å²) in [5, 5.41) is 2.56. The van der Waals surface area contributed by atoms with E-state index in [4.69, 9.17) is 9.47 Å². The highest BCUT2D eigenvalue weighted by Gasteiger charge is 2.35. The highest BCUT2D eigenvalue weighted by molar-refractivity contribution is 6.15. The summed E-state index contributed by atoms with van der Waals surface area (Å²) in [6.07, 6.45) is 0.933. The van der Waals surface area contributed by atoms with Crippen LogP contribution >= 0.6 is 0 Å². The first kappa shape index (κ1) is 17.5. The van der Waals surface area contributed by atoms with E-state index in [1.807, 2.05) is 7.11 Å². The lowest BCUT2D eigenvalue weighted by Gasteiger charge is -2.17. The summed E-state index contributed by atoms with van der Waals surface area (Å²) in [4.78, 5) is 0. The van der Waals surface area contributed by atoms with Crippen LogP contribution in [0.25, 0.3) is 33.0 Å². The van der Waals surface area contributed by atoms with Crippen molar-refractivity contribution in [2.75, 3.05) is 14.2 Å². The molecule has 0 aliphatic heterocycles. The summed E-state index contributed by atoms with van der Waals surface area (Å²) in [5.41, 5.74) is 10.3. The predicted octanol–water partition coefficient (Wildman–Crippen LogP) is 6.36. The lowest BCUT2D eigenvalue weighted by Crippen LogP contribution is -2.10. The van der Waals surface area contributed by atoms with Gasteiger partial charge in [0, 0.05) is 13.5 Å². The summed E-state index contributed by atoms with van der Waals surface area (Å²) in [7, 11) is 3.56.